The van der Waals surface area contributed by atoms with Crippen LogP contribution < -0.4 is 4.90 Å². The maximum Gasteiger partial charge on any atom is 0.226 e. The smallest absolute Gasteiger partial charge is 0.226 e. The average Bonchev–Trinajstić information content (AvgIpc) is 3.20. The van der Waals surface area contributed by atoms with Crippen LogP contribution in [0.3, 0.4) is 0 Å². The van der Waals surface area contributed by atoms with Crippen LogP contribution in [0.4, 0.5) is 5.95 Å². The topological polar surface area (TPSA) is 49.3 Å². The van der Waals surface area contributed by atoms with E-state index < -0.39 is 0 Å². The second kappa shape index (κ2) is 7.64. The van der Waals surface area contributed by atoms with E-state index in [9.17, 15) is 4.79 Å². The van der Waals surface area contributed by atoms with Gasteiger partial charge in [-0.1, -0.05) is 18.2 Å². The van der Waals surface area contributed by atoms with Crippen LogP contribution in [0, 0.1) is 12.8 Å². The molecule has 0 saturated carbocycles. The largest absolute Gasteiger partial charge is 0.341 e. The van der Waals surface area contributed by atoms with Crippen molar-refractivity contribution in [1.82, 2.24) is 14.9 Å². The van der Waals surface area contributed by atoms with Crippen molar-refractivity contribution in [2.45, 2.75) is 26.3 Å². The molecule has 1 amide bonds. The molecule has 27 heavy (non-hydrogen) atoms. The normalized spacial score (nSPS) is 15.3. The van der Waals surface area contributed by atoms with Gasteiger partial charge in [0.2, 0.25) is 11.9 Å². The summed E-state index contributed by atoms with van der Waals surface area (Å²) >= 11 is 1.67. The van der Waals surface area contributed by atoms with E-state index in [4.69, 9.17) is 9.97 Å². The van der Waals surface area contributed by atoms with E-state index in [0.717, 1.165) is 48.5 Å². The molecule has 0 radical (unpaired) electrons. The highest BCUT2D eigenvalue weighted by Crippen LogP contribution is 2.25. The lowest BCUT2D eigenvalue weighted by Crippen LogP contribution is -2.41. The highest BCUT2D eigenvalue weighted by molar-refractivity contribution is 7.07. The molecule has 0 N–H and O–H groups in total. The molecular formula is C21H24N4OS. The van der Waals surface area contributed by atoms with Crippen LogP contribution in [-0.4, -0.2) is 40.9 Å². The summed E-state index contributed by atoms with van der Waals surface area (Å²) in [6.07, 6.45) is 1.70. The van der Waals surface area contributed by atoms with Crippen molar-refractivity contribution in [1.29, 1.82) is 0 Å². The van der Waals surface area contributed by atoms with E-state index in [2.05, 4.69) is 27.8 Å². The van der Waals surface area contributed by atoms with E-state index in [-0.39, 0.29) is 11.8 Å². The Kier molecular flexibility index (Phi) is 5.07. The zero-order valence-corrected chi connectivity index (χ0v) is 16.6. The molecule has 6 heteroatoms. The molecule has 4 rings (SSSR count). The lowest BCUT2D eigenvalue weighted by molar-refractivity contribution is -0.135. The van der Waals surface area contributed by atoms with Gasteiger partial charge in [0.05, 0.1) is 11.2 Å². The van der Waals surface area contributed by atoms with Gasteiger partial charge < -0.3 is 9.80 Å². The summed E-state index contributed by atoms with van der Waals surface area (Å²) < 4.78 is 0. The molecule has 0 spiro atoms. The van der Waals surface area contributed by atoms with Crippen molar-refractivity contribution in [3.8, 4) is 0 Å². The maximum atomic E-state index is 12.8. The first-order valence-electron chi connectivity index (χ1n) is 9.36. The molecule has 0 unspecified atom stereocenters. The molecule has 1 fully saturated rings. The summed E-state index contributed by atoms with van der Waals surface area (Å²) in [5.41, 5.74) is 3.19. The number of piperidine rings is 1. The fourth-order valence-electron chi connectivity index (χ4n) is 3.73. The number of carbonyl (C=O) groups is 1. The zero-order chi connectivity index (χ0) is 18.8. The predicted octanol–water partition coefficient (Wildman–Crippen LogP) is 3.87. The number of nitrogens with zero attached hydrogens (tertiary/aromatic N) is 4. The monoisotopic (exact) mass is 380 g/mol. The van der Waals surface area contributed by atoms with Crippen molar-refractivity contribution < 1.29 is 4.79 Å². The van der Waals surface area contributed by atoms with Crippen LogP contribution in [0.2, 0.25) is 0 Å². The summed E-state index contributed by atoms with van der Waals surface area (Å²) in [7, 11) is 1.90. The first-order valence-corrected chi connectivity index (χ1v) is 10.3. The average molecular weight is 381 g/mol. The minimum atomic E-state index is 0.0893. The van der Waals surface area contributed by atoms with Gasteiger partial charge in [-0.2, -0.15) is 11.3 Å². The van der Waals surface area contributed by atoms with Crippen molar-refractivity contribution in [2.75, 3.05) is 25.0 Å². The number of fused-ring (bicyclic) bond motifs is 1. The lowest BCUT2D eigenvalue weighted by atomic mass is 9.95. The zero-order valence-electron chi connectivity index (χ0n) is 15.8. The molecule has 0 bridgehead atoms. The summed E-state index contributed by atoms with van der Waals surface area (Å²) in [5, 5.41) is 5.25. The highest BCUT2D eigenvalue weighted by atomic mass is 32.1. The molecule has 1 aliphatic rings. The number of carbonyl (C=O) groups excluding carboxylic acids is 1. The number of rotatable bonds is 4. The third-order valence-corrected chi connectivity index (χ3v) is 6.02. The maximum absolute atomic E-state index is 12.8. The Hall–Kier alpha value is -2.47. The van der Waals surface area contributed by atoms with Gasteiger partial charge in [-0.25, -0.2) is 9.97 Å². The summed E-state index contributed by atoms with van der Waals surface area (Å²) in [4.78, 5) is 26.3. The van der Waals surface area contributed by atoms with Gasteiger partial charge in [0.25, 0.3) is 0 Å². The molecule has 1 aromatic carbocycles. The molecule has 0 aliphatic carbocycles. The van der Waals surface area contributed by atoms with Gasteiger partial charge in [0.15, 0.2) is 0 Å². The van der Waals surface area contributed by atoms with Crippen LogP contribution in [0.5, 0.6) is 0 Å². The van der Waals surface area contributed by atoms with Crippen LogP contribution >= 0.6 is 11.3 Å². The molecule has 2 aromatic heterocycles. The van der Waals surface area contributed by atoms with Gasteiger partial charge in [-0.15, -0.1) is 0 Å². The Labute approximate surface area is 163 Å². The number of amides is 1. The molecule has 3 heterocycles. The van der Waals surface area contributed by atoms with E-state index in [1.165, 1.54) is 5.56 Å². The predicted molar refractivity (Wildman–Crippen MR) is 110 cm³/mol. The van der Waals surface area contributed by atoms with Crippen molar-refractivity contribution in [3.05, 3.63) is 52.3 Å². The Morgan fingerprint density at radius 2 is 2.00 bits per heavy atom. The number of hydrogen-bond acceptors (Lipinski definition) is 5. The number of aromatic nitrogens is 2. The molecular weight excluding hydrogens is 356 g/mol. The fourth-order valence-corrected chi connectivity index (χ4v) is 4.39. The van der Waals surface area contributed by atoms with Crippen LogP contribution in [0.1, 0.15) is 24.1 Å². The first-order chi connectivity index (χ1) is 13.1. The van der Waals surface area contributed by atoms with Crippen LogP contribution in [0.25, 0.3) is 10.9 Å². The van der Waals surface area contributed by atoms with Crippen molar-refractivity contribution >= 4 is 34.1 Å². The number of aryl methyl sites for hydroxylation is 1. The Morgan fingerprint density at radius 1 is 1.22 bits per heavy atom. The van der Waals surface area contributed by atoms with E-state index in [0.29, 0.717) is 6.54 Å². The standard InChI is InChI=1S/C21H24N4OS/c1-15-18-5-3-4-6-19(18)23-21(22-15)25-10-7-17(8-11-25)20(26)24(2)13-16-9-12-27-14-16/h3-6,9,12,14,17H,7-8,10-11,13H2,1-2H3. The molecule has 3 aromatic rings. The third-order valence-electron chi connectivity index (χ3n) is 5.29. The van der Waals surface area contributed by atoms with Gasteiger partial charge in [-0.05, 0) is 48.2 Å². The molecule has 140 valence electrons. The van der Waals surface area contributed by atoms with E-state index in [1.807, 2.05) is 37.1 Å². The quantitative estimate of drug-likeness (QED) is 0.689. The second-order valence-corrected chi connectivity index (χ2v) is 7.99. The van der Waals surface area contributed by atoms with Crippen LogP contribution in [0.15, 0.2) is 41.1 Å². The van der Waals surface area contributed by atoms with E-state index >= 15 is 0 Å². The third kappa shape index (κ3) is 3.81. The summed E-state index contributed by atoms with van der Waals surface area (Å²) in [6.45, 7) is 4.36. The van der Waals surface area contributed by atoms with Crippen LogP contribution in [-0.2, 0) is 11.3 Å². The molecule has 0 atom stereocenters. The second-order valence-electron chi connectivity index (χ2n) is 7.21. The minimum Gasteiger partial charge on any atom is -0.341 e. The van der Waals surface area contributed by atoms with Crippen molar-refractivity contribution in [2.24, 2.45) is 5.92 Å². The van der Waals surface area contributed by atoms with Gasteiger partial charge in [0.1, 0.15) is 0 Å². The Balaban J connectivity index is 1.40. The Bertz CT molecular complexity index is 933. The summed E-state index contributed by atoms with van der Waals surface area (Å²) in [6, 6.07) is 10.2. The summed E-state index contributed by atoms with van der Waals surface area (Å²) in [5.74, 6) is 1.12. The number of hydrogen-bond donors (Lipinski definition) is 0. The minimum absolute atomic E-state index is 0.0893. The number of benzene rings is 1. The highest BCUT2D eigenvalue weighted by Gasteiger charge is 2.28. The molecule has 1 aliphatic heterocycles. The number of para-hydroxylation sites is 1. The lowest BCUT2D eigenvalue weighted by Gasteiger charge is -2.33. The SMILES string of the molecule is Cc1nc(N2CCC(C(=O)N(C)Cc3ccsc3)CC2)nc2ccccc12. The first kappa shape index (κ1) is 17.9. The number of anilines is 1. The van der Waals surface area contributed by atoms with Gasteiger partial charge in [0, 0.05) is 38.0 Å². The Morgan fingerprint density at radius 3 is 2.74 bits per heavy atom. The van der Waals surface area contributed by atoms with Gasteiger partial charge in [-0.3, -0.25) is 4.79 Å². The molecule has 5 nitrogen and oxygen atoms in total. The number of thiophene rings is 1. The van der Waals surface area contributed by atoms with E-state index in [1.54, 1.807) is 11.3 Å². The van der Waals surface area contributed by atoms with Crippen molar-refractivity contribution in [3.63, 3.8) is 0 Å². The molecule has 1 saturated heterocycles. The van der Waals surface area contributed by atoms with Gasteiger partial charge >= 0.3 is 0 Å². The fraction of sp³-hybridized carbons (Fsp3) is 0.381.